The minimum absolute atomic E-state index is 0.447. The van der Waals surface area contributed by atoms with Crippen LogP contribution in [0.1, 0.15) is 32.1 Å². The summed E-state index contributed by atoms with van der Waals surface area (Å²) >= 11 is 0. The number of hydrogen-bond donors (Lipinski definition) is 2. The molecule has 0 amide bonds. The van der Waals surface area contributed by atoms with Gasteiger partial charge >= 0.3 is 0 Å². The molecule has 3 N–H and O–H groups in total. The van der Waals surface area contributed by atoms with E-state index in [4.69, 9.17) is 5.73 Å². The molecule has 0 bridgehead atoms. The van der Waals surface area contributed by atoms with Gasteiger partial charge in [0.25, 0.3) is 0 Å². The normalized spacial score (nSPS) is 22.9. The van der Waals surface area contributed by atoms with Crippen molar-refractivity contribution in [3.05, 3.63) is 23.4 Å². The van der Waals surface area contributed by atoms with Crippen LogP contribution in [0.25, 0.3) is 0 Å². The van der Waals surface area contributed by atoms with Crippen LogP contribution in [0.3, 0.4) is 0 Å². The molecule has 0 aromatic heterocycles. The van der Waals surface area contributed by atoms with Crippen molar-refractivity contribution in [3.8, 4) is 11.8 Å². The molecule has 2 aliphatic rings. The minimum Gasteiger partial charge on any atom is -0.402 e. The van der Waals surface area contributed by atoms with E-state index < -0.39 is 5.60 Å². The Kier molecular flexibility index (Phi) is 2.35. The summed E-state index contributed by atoms with van der Waals surface area (Å²) in [4.78, 5) is 0. The van der Waals surface area contributed by atoms with E-state index in [1.165, 1.54) is 0 Å². The van der Waals surface area contributed by atoms with Gasteiger partial charge in [0.1, 0.15) is 0 Å². The second-order valence-corrected chi connectivity index (χ2v) is 4.14. The monoisotopic (exact) mass is 189 g/mol. The molecule has 0 aliphatic heterocycles. The lowest BCUT2D eigenvalue weighted by Crippen LogP contribution is -2.04. The maximum atomic E-state index is 9.55. The molecular weight excluding hydrogens is 174 g/mol. The molecule has 0 heterocycles. The summed E-state index contributed by atoms with van der Waals surface area (Å²) in [6, 6.07) is 0. The summed E-state index contributed by atoms with van der Waals surface area (Å²) in [7, 11) is 0. The number of nitrogens with two attached hydrogens (primary N) is 1. The highest BCUT2D eigenvalue weighted by Crippen LogP contribution is 2.37. The highest BCUT2D eigenvalue weighted by atomic mass is 16.3. The zero-order valence-corrected chi connectivity index (χ0v) is 8.21. The SMILES string of the molecule is NC1=CC=C(C#CCC2(O)CC2)CC1. The highest BCUT2D eigenvalue weighted by Gasteiger charge is 2.39. The van der Waals surface area contributed by atoms with E-state index in [2.05, 4.69) is 11.8 Å². The predicted octanol–water partition coefficient (Wildman–Crippen LogP) is 1.47. The van der Waals surface area contributed by atoms with Gasteiger partial charge in [0.2, 0.25) is 0 Å². The van der Waals surface area contributed by atoms with Crippen molar-refractivity contribution in [2.24, 2.45) is 5.73 Å². The quantitative estimate of drug-likeness (QED) is 0.613. The molecule has 2 aliphatic carbocycles. The second kappa shape index (κ2) is 3.51. The van der Waals surface area contributed by atoms with Crippen molar-refractivity contribution < 1.29 is 5.11 Å². The molecule has 0 spiro atoms. The molecule has 2 heteroatoms. The van der Waals surface area contributed by atoms with E-state index in [-0.39, 0.29) is 0 Å². The van der Waals surface area contributed by atoms with Crippen LogP contribution in [0.5, 0.6) is 0 Å². The topological polar surface area (TPSA) is 46.2 Å². The summed E-state index contributed by atoms with van der Waals surface area (Å²) in [6.45, 7) is 0. The molecule has 0 aromatic rings. The second-order valence-electron chi connectivity index (χ2n) is 4.14. The van der Waals surface area contributed by atoms with Gasteiger partial charge < -0.3 is 10.8 Å². The summed E-state index contributed by atoms with van der Waals surface area (Å²) < 4.78 is 0. The first-order chi connectivity index (χ1) is 6.68. The van der Waals surface area contributed by atoms with Crippen LogP contribution in [-0.2, 0) is 0 Å². The lowest BCUT2D eigenvalue weighted by atomic mass is 10.0. The summed E-state index contributed by atoms with van der Waals surface area (Å²) in [5, 5.41) is 9.55. The molecular formula is C12H15NO. The molecule has 1 saturated carbocycles. The fraction of sp³-hybridized carbons (Fsp3) is 0.500. The van der Waals surface area contributed by atoms with E-state index in [0.29, 0.717) is 6.42 Å². The molecule has 0 radical (unpaired) electrons. The van der Waals surface area contributed by atoms with E-state index in [0.717, 1.165) is 37.0 Å². The van der Waals surface area contributed by atoms with Crippen LogP contribution in [-0.4, -0.2) is 10.7 Å². The summed E-state index contributed by atoms with van der Waals surface area (Å²) in [5.74, 6) is 6.12. The Morgan fingerprint density at radius 1 is 1.36 bits per heavy atom. The lowest BCUT2D eigenvalue weighted by molar-refractivity contribution is 0.156. The van der Waals surface area contributed by atoms with E-state index in [9.17, 15) is 5.11 Å². The third-order valence-electron chi connectivity index (χ3n) is 2.68. The van der Waals surface area contributed by atoms with Crippen molar-refractivity contribution in [1.29, 1.82) is 0 Å². The van der Waals surface area contributed by atoms with Gasteiger partial charge in [0, 0.05) is 17.7 Å². The molecule has 1 fully saturated rings. The molecule has 74 valence electrons. The van der Waals surface area contributed by atoms with Gasteiger partial charge in [-0.2, -0.15) is 0 Å². The Morgan fingerprint density at radius 3 is 2.71 bits per heavy atom. The van der Waals surface area contributed by atoms with Crippen LogP contribution in [0.15, 0.2) is 23.4 Å². The van der Waals surface area contributed by atoms with Gasteiger partial charge in [-0.3, -0.25) is 0 Å². The predicted molar refractivity (Wildman–Crippen MR) is 56.2 cm³/mol. The van der Waals surface area contributed by atoms with Gasteiger partial charge in [-0.1, -0.05) is 11.8 Å². The van der Waals surface area contributed by atoms with Crippen molar-refractivity contribution in [2.75, 3.05) is 0 Å². The first-order valence-corrected chi connectivity index (χ1v) is 5.04. The van der Waals surface area contributed by atoms with Crippen LogP contribution < -0.4 is 5.73 Å². The van der Waals surface area contributed by atoms with Crippen LogP contribution in [0, 0.1) is 11.8 Å². The van der Waals surface area contributed by atoms with Crippen LogP contribution in [0.2, 0.25) is 0 Å². The van der Waals surface area contributed by atoms with Crippen molar-refractivity contribution in [3.63, 3.8) is 0 Å². The van der Waals surface area contributed by atoms with Gasteiger partial charge in [-0.05, 0) is 37.8 Å². The first kappa shape index (κ1) is 9.36. The number of allylic oxidation sites excluding steroid dienone is 4. The molecule has 0 aromatic carbocycles. The van der Waals surface area contributed by atoms with Gasteiger partial charge in [0.05, 0.1) is 5.60 Å². The third kappa shape index (κ3) is 2.40. The first-order valence-electron chi connectivity index (χ1n) is 5.04. The number of hydrogen-bond acceptors (Lipinski definition) is 2. The fourth-order valence-corrected chi connectivity index (χ4v) is 1.40. The van der Waals surface area contributed by atoms with Gasteiger partial charge in [0.15, 0.2) is 0 Å². The molecule has 0 saturated heterocycles. The van der Waals surface area contributed by atoms with E-state index in [1.54, 1.807) is 0 Å². The third-order valence-corrected chi connectivity index (χ3v) is 2.68. The van der Waals surface area contributed by atoms with Gasteiger partial charge in [-0.25, -0.2) is 0 Å². The zero-order valence-electron chi connectivity index (χ0n) is 8.21. The van der Waals surface area contributed by atoms with Crippen molar-refractivity contribution in [1.82, 2.24) is 0 Å². The Hall–Kier alpha value is -1.20. The van der Waals surface area contributed by atoms with E-state index >= 15 is 0 Å². The zero-order chi connectivity index (χ0) is 10.0. The largest absolute Gasteiger partial charge is 0.402 e. The summed E-state index contributed by atoms with van der Waals surface area (Å²) in [6.07, 6.45) is 8.17. The van der Waals surface area contributed by atoms with Crippen LogP contribution in [0.4, 0.5) is 0 Å². The van der Waals surface area contributed by atoms with Crippen LogP contribution >= 0.6 is 0 Å². The molecule has 0 unspecified atom stereocenters. The molecule has 2 nitrogen and oxygen atoms in total. The average Bonchev–Trinajstić information content (AvgIpc) is 2.88. The lowest BCUT2D eigenvalue weighted by Gasteiger charge is -2.06. The molecule has 14 heavy (non-hydrogen) atoms. The average molecular weight is 189 g/mol. The maximum absolute atomic E-state index is 9.55. The minimum atomic E-state index is -0.447. The maximum Gasteiger partial charge on any atom is 0.0758 e. The Morgan fingerprint density at radius 2 is 2.14 bits per heavy atom. The Balaban J connectivity index is 1.90. The van der Waals surface area contributed by atoms with Gasteiger partial charge in [-0.15, -0.1) is 0 Å². The Bertz CT molecular complexity index is 350. The molecule has 2 rings (SSSR count). The smallest absolute Gasteiger partial charge is 0.0758 e. The summed E-state index contributed by atoms with van der Waals surface area (Å²) in [5.41, 5.74) is 7.24. The number of aliphatic hydroxyl groups is 1. The van der Waals surface area contributed by atoms with Crippen molar-refractivity contribution in [2.45, 2.75) is 37.7 Å². The fourth-order valence-electron chi connectivity index (χ4n) is 1.40. The van der Waals surface area contributed by atoms with Crippen molar-refractivity contribution >= 4 is 0 Å². The van der Waals surface area contributed by atoms with E-state index in [1.807, 2.05) is 12.2 Å². The highest BCUT2D eigenvalue weighted by molar-refractivity contribution is 5.36. The number of rotatable bonds is 1. The Labute approximate surface area is 84.5 Å². The standard InChI is InChI=1S/C12H15NO/c13-11-5-3-10(4-6-11)2-1-7-12(14)8-9-12/h3,5,14H,4,6-9,13H2. The molecule has 0 atom stereocenters.